The summed E-state index contributed by atoms with van der Waals surface area (Å²) in [7, 11) is -3.62. The van der Waals surface area contributed by atoms with E-state index in [1.165, 1.54) is 46.8 Å². The van der Waals surface area contributed by atoms with E-state index in [4.69, 9.17) is 0 Å². The largest absolute Gasteiger partial charge is 0.322 e. The van der Waals surface area contributed by atoms with Gasteiger partial charge in [0.25, 0.3) is 11.6 Å². The Bertz CT molecular complexity index is 1010. The van der Waals surface area contributed by atoms with Gasteiger partial charge in [-0.2, -0.15) is 4.31 Å². The molecule has 0 aliphatic heterocycles. The summed E-state index contributed by atoms with van der Waals surface area (Å²) in [6.07, 6.45) is 3.39. The Balaban J connectivity index is 2.17. The van der Waals surface area contributed by atoms with E-state index in [0.29, 0.717) is 24.3 Å². The van der Waals surface area contributed by atoms with Crippen molar-refractivity contribution in [3.05, 3.63) is 63.7 Å². The number of nitro groups is 1. The number of unbranched alkanes of at least 4 members (excludes halogenated alkanes) is 2. The van der Waals surface area contributed by atoms with Gasteiger partial charge in [0.15, 0.2) is 0 Å². The molecule has 1 N–H and O–H groups in total. The number of benzene rings is 2. The van der Waals surface area contributed by atoms with Gasteiger partial charge in [-0.15, -0.1) is 0 Å². The van der Waals surface area contributed by atoms with E-state index < -0.39 is 20.9 Å². The Kier molecular flexibility index (Phi) is 8.70. The van der Waals surface area contributed by atoms with Crippen molar-refractivity contribution in [2.45, 2.75) is 51.3 Å². The molecule has 0 atom stereocenters. The number of hydrogen-bond acceptors (Lipinski definition) is 5. The van der Waals surface area contributed by atoms with Crippen molar-refractivity contribution >= 4 is 27.3 Å². The first-order valence-corrected chi connectivity index (χ1v) is 11.8. The maximum atomic E-state index is 13.0. The van der Waals surface area contributed by atoms with E-state index in [1.807, 2.05) is 13.8 Å². The number of nitro benzene ring substituents is 1. The van der Waals surface area contributed by atoms with Gasteiger partial charge in [-0.1, -0.05) is 32.8 Å². The first-order chi connectivity index (χ1) is 14.7. The summed E-state index contributed by atoms with van der Waals surface area (Å²) >= 11 is 0. The molecular formula is C22H29N3O5S. The number of nitrogens with zero attached hydrogens (tertiary/aromatic N) is 2. The molecule has 0 bridgehead atoms. The van der Waals surface area contributed by atoms with Gasteiger partial charge in [0.1, 0.15) is 0 Å². The predicted octanol–water partition coefficient (Wildman–Crippen LogP) is 4.75. The van der Waals surface area contributed by atoms with Gasteiger partial charge < -0.3 is 5.32 Å². The number of nitrogens with one attached hydrogen (secondary N) is 1. The molecule has 2 aromatic carbocycles. The van der Waals surface area contributed by atoms with Crippen LogP contribution in [0.2, 0.25) is 0 Å². The SMILES string of the molecule is CCCCN(CCCC)S(=O)(=O)c1ccc(NC(=O)c2ccc(C)c([N+](=O)[O-])c2)cc1. The third-order valence-corrected chi connectivity index (χ3v) is 6.85. The standard InChI is InChI=1S/C22H29N3O5S/c1-4-6-14-24(15-7-5-2)31(29,30)20-12-10-19(11-13-20)23-22(26)18-9-8-17(3)21(16-18)25(27)28/h8-13,16H,4-7,14-15H2,1-3H3,(H,23,26). The smallest absolute Gasteiger partial charge is 0.273 e. The van der Waals surface area contributed by atoms with E-state index in [2.05, 4.69) is 5.32 Å². The Labute approximate surface area is 183 Å². The molecule has 1 amide bonds. The normalized spacial score (nSPS) is 11.5. The number of hydrogen-bond donors (Lipinski definition) is 1. The van der Waals surface area contributed by atoms with Crippen LogP contribution in [0.5, 0.6) is 0 Å². The summed E-state index contributed by atoms with van der Waals surface area (Å²) in [5.41, 5.74) is 0.889. The second-order valence-electron chi connectivity index (χ2n) is 7.35. The molecule has 2 aromatic rings. The lowest BCUT2D eigenvalue weighted by Crippen LogP contribution is -2.33. The minimum absolute atomic E-state index is 0.131. The van der Waals surface area contributed by atoms with Crippen LogP contribution in [-0.4, -0.2) is 36.6 Å². The summed E-state index contributed by atoms with van der Waals surface area (Å²) in [6, 6.07) is 10.2. The average Bonchev–Trinajstić information content (AvgIpc) is 2.74. The molecule has 0 aromatic heterocycles. The van der Waals surface area contributed by atoms with Gasteiger partial charge >= 0.3 is 0 Å². The van der Waals surface area contributed by atoms with E-state index in [1.54, 1.807) is 6.92 Å². The van der Waals surface area contributed by atoms with Crippen LogP contribution in [0.25, 0.3) is 0 Å². The number of rotatable bonds is 11. The van der Waals surface area contributed by atoms with Crippen LogP contribution >= 0.6 is 0 Å². The lowest BCUT2D eigenvalue weighted by Gasteiger charge is -2.22. The van der Waals surface area contributed by atoms with Crippen molar-refractivity contribution < 1.29 is 18.1 Å². The third-order valence-electron chi connectivity index (χ3n) is 4.94. The number of carbonyl (C=O) groups excluding carboxylic acids is 1. The molecule has 0 saturated heterocycles. The molecule has 0 saturated carbocycles. The van der Waals surface area contributed by atoms with Gasteiger partial charge in [-0.3, -0.25) is 14.9 Å². The van der Waals surface area contributed by atoms with Crippen molar-refractivity contribution in [3.63, 3.8) is 0 Å². The Hall–Kier alpha value is -2.78. The lowest BCUT2D eigenvalue weighted by atomic mass is 10.1. The average molecular weight is 448 g/mol. The predicted molar refractivity (Wildman–Crippen MR) is 121 cm³/mol. The van der Waals surface area contributed by atoms with Gasteiger partial charge in [-0.25, -0.2) is 8.42 Å². The summed E-state index contributed by atoms with van der Waals surface area (Å²) in [6.45, 7) is 6.59. The third kappa shape index (κ3) is 6.35. The first-order valence-electron chi connectivity index (χ1n) is 10.4. The molecular weight excluding hydrogens is 418 g/mol. The molecule has 0 aliphatic carbocycles. The van der Waals surface area contributed by atoms with E-state index in [9.17, 15) is 23.3 Å². The molecule has 31 heavy (non-hydrogen) atoms. The summed E-state index contributed by atoms with van der Waals surface area (Å²) in [5, 5.41) is 13.7. The second kappa shape index (κ2) is 11.0. The number of amides is 1. The van der Waals surface area contributed by atoms with Crippen LogP contribution in [0, 0.1) is 17.0 Å². The fourth-order valence-corrected chi connectivity index (χ4v) is 4.55. The summed E-state index contributed by atoms with van der Waals surface area (Å²) in [4.78, 5) is 23.2. The van der Waals surface area contributed by atoms with Gasteiger partial charge in [-0.05, 0) is 50.1 Å². The van der Waals surface area contributed by atoms with Crippen LogP contribution in [-0.2, 0) is 10.0 Å². The highest BCUT2D eigenvalue weighted by molar-refractivity contribution is 7.89. The van der Waals surface area contributed by atoms with Gasteiger partial charge in [0, 0.05) is 36.0 Å². The van der Waals surface area contributed by atoms with Gasteiger partial charge in [0.2, 0.25) is 10.0 Å². The maximum absolute atomic E-state index is 13.0. The quantitative estimate of drug-likeness (QED) is 0.395. The molecule has 0 spiro atoms. The molecule has 8 nitrogen and oxygen atoms in total. The van der Waals surface area contributed by atoms with Crippen molar-refractivity contribution in [2.24, 2.45) is 0 Å². The minimum Gasteiger partial charge on any atom is -0.322 e. The topological polar surface area (TPSA) is 110 Å². The molecule has 0 heterocycles. The van der Waals surface area contributed by atoms with Crippen molar-refractivity contribution in [3.8, 4) is 0 Å². The number of carbonyl (C=O) groups is 1. The van der Waals surface area contributed by atoms with E-state index >= 15 is 0 Å². The fraction of sp³-hybridized carbons (Fsp3) is 0.409. The van der Waals surface area contributed by atoms with Crippen molar-refractivity contribution in [1.29, 1.82) is 0 Å². The van der Waals surface area contributed by atoms with Crippen molar-refractivity contribution in [1.82, 2.24) is 4.31 Å². The highest BCUT2D eigenvalue weighted by atomic mass is 32.2. The Morgan fingerprint density at radius 2 is 1.61 bits per heavy atom. The number of anilines is 1. The number of sulfonamides is 1. The fourth-order valence-electron chi connectivity index (χ4n) is 3.03. The van der Waals surface area contributed by atoms with Crippen LogP contribution in [0.1, 0.15) is 55.5 Å². The second-order valence-corrected chi connectivity index (χ2v) is 9.29. The minimum atomic E-state index is -3.62. The molecule has 0 radical (unpaired) electrons. The van der Waals surface area contributed by atoms with Gasteiger partial charge in [0.05, 0.1) is 9.82 Å². The lowest BCUT2D eigenvalue weighted by molar-refractivity contribution is -0.385. The van der Waals surface area contributed by atoms with E-state index in [0.717, 1.165) is 25.7 Å². The molecule has 2 rings (SSSR count). The summed E-state index contributed by atoms with van der Waals surface area (Å²) < 4.78 is 27.5. The molecule has 0 fully saturated rings. The zero-order valence-electron chi connectivity index (χ0n) is 18.1. The monoisotopic (exact) mass is 447 g/mol. The Morgan fingerprint density at radius 1 is 1.03 bits per heavy atom. The zero-order valence-corrected chi connectivity index (χ0v) is 18.9. The number of aryl methyl sites for hydroxylation is 1. The van der Waals surface area contributed by atoms with Crippen LogP contribution in [0.3, 0.4) is 0 Å². The molecule has 0 aliphatic rings. The molecule has 9 heteroatoms. The van der Waals surface area contributed by atoms with Crippen molar-refractivity contribution in [2.75, 3.05) is 18.4 Å². The zero-order chi connectivity index (χ0) is 23.0. The highest BCUT2D eigenvalue weighted by Gasteiger charge is 2.23. The molecule has 0 unspecified atom stereocenters. The highest BCUT2D eigenvalue weighted by Crippen LogP contribution is 2.22. The van der Waals surface area contributed by atoms with E-state index in [-0.39, 0.29) is 16.1 Å². The maximum Gasteiger partial charge on any atom is 0.273 e. The molecule has 168 valence electrons. The summed E-state index contributed by atoms with van der Waals surface area (Å²) in [5.74, 6) is -0.508. The Morgan fingerprint density at radius 3 is 2.13 bits per heavy atom. The van der Waals surface area contributed by atoms with Crippen LogP contribution in [0.15, 0.2) is 47.4 Å². The van der Waals surface area contributed by atoms with Crippen LogP contribution < -0.4 is 5.32 Å². The van der Waals surface area contributed by atoms with Crippen LogP contribution in [0.4, 0.5) is 11.4 Å². The first kappa shape index (κ1) is 24.5.